The highest BCUT2D eigenvalue weighted by Gasteiger charge is 2.19. The van der Waals surface area contributed by atoms with Crippen LogP contribution in [0.4, 0.5) is 5.69 Å². The first-order valence-electron chi connectivity index (χ1n) is 9.94. The lowest BCUT2D eigenvalue weighted by Gasteiger charge is -2.14. The van der Waals surface area contributed by atoms with Gasteiger partial charge in [-0.3, -0.25) is 4.79 Å². The Bertz CT molecular complexity index is 846. The number of carbonyl (C=O) groups excluding carboxylic acids is 2. The maximum Gasteiger partial charge on any atom is 0.339 e. The van der Waals surface area contributed by atoms with E-state index in [9.17, 15) is 9.59 Å². The highest BCUT2D eigenvalue weighted by Crippen LogP contribution is 2.27. The summed E-state index contributed by atoms with van der Waals surface area (Å²) in [7, 11) is 0. The predicted molar refractivity (Wildman–Crippen MR) is 116 cm³/mol. The summed E-state index contributed by atoms with van der Waals surface area (Å²) in [5, 5.41) is 2.84. The van der Waals surface area contributed by atoms with Gasteiger partial charge < -0.3 is 14.8 Å². The van der Waals surface area contributed by atoms with Gasteiger partial charge in [0.1, 0.15) is 0 Å². The number of hydrogen-bond acceptors (Lipinski definition) is 5. The Morgan fingerprint density at radius 1 is 1.17 bits per heavy atom. The second-order valence-electron chi connectivity index (χ2n) is 7.31. The molecule has 1 atom stereocenters. The zero-order chi connectivity index (χ0) is 20.6. The smallest absolute Gasteiger partial charge is 0.339 e. The summed E-state index contributed by atoms with van der Waals surface area (Å²) < 4.78 is 10.9. The van der Waals surface area contributed by atoms with Crippen LogP contribution in [0, 0.1) is 0 Å². The van der Waals surface area contributed by atoms with Gasteiger partial charge in [-0.2, -0.15) is 0 Å². The number of hydrogen-bond donors (Lipinski definition) is 1. The van der Waals surface area contributed by atoms with Crippen molar-refractivity contribution in [2.75, 3.05) is 24.3 Å². The number of nitrogens with one attached hydrogen (secondary N) is 1. The number of carbonyl (C=O) groups is 2. The minimum atomic E-state index is -0.493. The van der Waals surface area contributed by atoms with Gasteiger partial charge in [0.2, 0.25) is 0 Å². The van der Waals surface area contributed by atoms with Crippen LogP contribution in [0.5, 0.6) is 0 Å². The van der Waals surface area contributed by atoms with Gasteiger partial charge in [0.25, 0.3) is 5.91 Å². The Hall–Kier alpha value is -2.31. The topological polar surface area (TPSA) is 64.6 Å². The molecule has 0 bridgehead atoms. The lowest BCUT2D eigenvalue weighted by Crippen LogP contribution is -2.22. The second kappa shape index (κ2) is 10.5. The number of para-hydroxylation sites is 1. The molecule has 0 spiro atoms. The van der Waals surface area contributed by atoms with Crippen LogP contribution in [0.15, 0.2) is 53.4 Å². The molecule has 1 aliphatic heterocycles. The summed E-state index contributed by atoms with van der Waals surface area (Å²) >= 11 is 1.59. The van der Waals surface area contributed by atoms with E-state index >= 15 is 0 Å². The molecule has 5 nitrogen and oxygen atoms in total. The van der Waals surface area contributed by atoms with Crippen molar-refractivity contribution < 1.29 is 19.1 Å². The number of ether oxygens (including phenoxy) is 2. The molecule has 1 saturated heterocycles. The van der Waals surface area contributed by atoms with Crippen LogP contribution in [0.25, 0.3) is 0 Å². The quantitative estimate of drug-likeness (QED) is 0.494. The van der Waals surface area contributed by atoms with Crippen molar-refractivity contribution >= 4 is 29.3 Å². The number of anilines is 1. The van der Waals surface area contributed by atoms with Crippen LogP contribution in [0.3, 0.4) is 0 Å². The van der Waals surface area contributed by atoms with Crippen LogP contribution in [0.2, 0.25) is 0 Å². The van der Waals surface area contributed by atoms with Crippen molar-refractivity contribution in [3.63, 3.8) is 0 Å². The molecular weight excluding hydrogens is 386 g/mol. The molecule has 3 rings (SSSR count). The van der Waals surface area contributed by atoms with E-state index in [1.54, 1.807) is 23.9 Å². The summed E-state index contributed by atoms with van der Waals surface area (Å²) in [5.41, 5.74) is 2.27. The number of amides is 1. The molecule has 0 saturated carbocycles. The maximum absolute atomic E-state index is 12.5. The molecule has 29 heavy (non-hydrogen) atoms. The molecule has 0 aliphatic carbocycles. The molecule has 2 aromatic rings. The van der Waals surface area contributed by atoms with E-state index in [-0.39, 0.29) is 24.5 Å². The maximum atomic E-state index is 12.5. The molecule has 1 N–H and O–H groups in total. The standard InChI is InChI=1S/C23H27NO4S/c1-16(2)18-9-3-5-11-20(18)24-22(25)14-28-23(26)19-10-4-6-12-21(19)29-15-17-8-7-13-27-17/h3-6,9-12,16-17H,7-8,13-15H2,1-2H3,(H,24,25)/t17-/m0/s1. The van der Waals surface area contributed by atoms with Crippen molar-refractivity contribution in [1.29, 1.82) is 0 Å². The van der Waals surface area contributed by atoms with Crippen molar-refractivity contribution in [1.82, 2.24) is 0 Å². The van der Waals surface area contributed by atoms with Gasteiger partial charge in [-0.05, 0) is 42.5 Å². The van der Waals surface area contributed by atoms with Gasteiger partial charge in [-0.25, -0.2) is 4.79 Å². The lowest BCUT2D eigenvalue weighted by molar-refractivity contribution is -0.119. The van der Waals surface area contributed by atoms with E-state index in [1.165, 1.54) is 0 Å². The van der Waals surface area contributed by atoms with E-state index in [0.717, 1.165) is 41.3 Å². The summed E-state index contributed by atoms with van der Waals surface area (Å²) in [6.07, 6.45) is 2.37. The lowest BCUT2D eigenvalue weighted by atomic mass is 10.0. The van der Waals surface area contributed by atoms with Crippen LogP contribution in [-0.4, -0.2) is 36.9 Å². The minimum absolute atomic E-state index is 0.232. The fourth-order valence-electron chi connectivity index (χ4n) is 3.23. The Kier molecular flexibility index (Phi) is 7.72. The zero-order valence-corrected chi connectivity index (χ0v) is 17.7. The third kappa shape index (κ3) is 6.08. The van der Waals surface area contributed by atoms with Gasteiger partial charge in [-0.1, -0.05) is 44.2 Å². The van der Waals surface area contributed by atoms with Crippen LogP contribution >= 0.6 is 11.8 Å². The highest BCUT2D eigenvalue weighted by molar-refractivity contribution is 7.99. The molecule has 0 radical (unpaired) electrons. The van der Waals surface area contributed by atoms with Gasteiger partial charge in [0, 0.05) is 22.9 Å². The Balaban J connectivity index is 1.56. The van der Waals surface area contributed by atoms with E-state index in [0.29, 0.717) is 5.56 Å². The van der Waals surface area contributed by atoms with Crippen LogP contribution < -0.4 is 5.32 Å². The molecule has 1 heterocycles. The average Bonchev–Trinajstić information content (AvgIpc) is 3.24. The van der Waals surface area contributed by atoms with Crippen molar-refractivity contribution in [3.8, 4) is 0 Å². The molecular formula is C23H27NO4S. The van der Waals surface area contributed by atoms with Crippen molar-refractivity contribution in [3.05, 3.63) is 59.7 Å². The normalized spacial score (nSPS) is 16.0. The van der Waals surface area contributed by atoms with Crippen molar-refractivity contribution in [2.24, 2.45) is 0 Å². The molecule has 154 valence electrons. The number of benzene rings is 2. The monoisotopic (exact) mass is 413 g/mol. The van der Waals surface area contributed by atoms with E-state index in [4.69, 9.17) is 9.47 Å². The van der Waals surface area contributed by atoms with Gasteiger partial charge in [0.15, 0.2) is 6.61 Å². The largest absolute Gasteiger partial charge is 0.452 e. The van der Waals surface area contributed by atoms with Crippen LogP contribution in [-0.2, 0) is 14.3 Å². The van der Waals surface area contributed by atoms with Gasteiger partial charge >= 0.3 is 5.97 Å². The third-order valence-electron chi connectivity index (χ3n) is 4.75. The summed E-state index contributed by atoms with van der Waals surface area (Å²) in [6, 6.07) is 15.0. The van der Waals surface area contributed by atoms with Gasteiger partial charge in [0.05, 0.1) is 11.7 Å². The molecule has 1 aliphatic rings. The second-order valence-corrected chi connectivity index (χ2v) is 8.37. The number of thioether (sulfide) groups is 1. The summed E-state index contributed by atoms with van der Waals surface area (Å²) in [6.45, 7) is 4.62. The Morgan fingerprint density at radius 2 is 1.93 bits per heavy atom. The summed E-state index contributed by atoms with van der Waals surface area (Å²) in [4.78, 5) is 25.7. The molecule has 0 unspecified atom stereocenters. The molecule has 0 aromatic heterocycles. The Labute approximate surface area is 176 Å². The SMILES string of the molecule is CC(C)c1ccccc1NC(=O)COC(=O)c1ccccc1SC[C@@H]1CCCO1. The van der Waals surface area contributed by atoms with E-state index in [2.05, 4.69) is 19.2 Å². The van der Waals surface area contributed by atoms with Gasteiger partial charge in [-0.15, -0.1) is 11.8 Å². The number of rotatable bonds is 8. The summed E-state index contributed by atoms with van der Waals surface area (Å²) in [5.74, 6) is 0.238. The molecule has 2 aromatic carbocycles. The van der Waals surface area contributed by atoms with E-state index in [1.807, 2.05) is 36.4 Å². The molecule has 1 fully saturated rings. The zero-order valence-electron chi connectivity index (χ0n) is 16.9. The minimum Gasteiger partial charge on any atom is -0.452 e. The van der Waals surface area contributed by atoms with Crippen molar-refractivity contribution in [2.45, 2.75) is 43.6 Å². The first-order valence-corrected chi connectivity index (χ1v) is 10.9. The van der Waals surface area contributed by atoms with E-state index < -0.39 is 5.97 Å². The fourth-order valence-corrected chi connectivity index (χ4v) is 4.34. The highest BCUT2D eigenvalue weighted by atomic mass is 32.2. The molecule has 1 amide bonds. The first kappa shape index (κ1) is 21.4. The average molecular weight is 414 g/mol. The third-order valence-corrected chi connectivity index (χ3v) is 5.95. The number of esters is 1. The van der Waals surface area contributed by atoms with Crippen LogP contribution in [0.1, 0.15) is 48.5 Å². The first-order chi connectivity index (χ1) is 14.0. The Morgan fingerprint density at radius 3 is 2.69 bits per heavy atom. The fraction of sp³-hybridized carbons (Fsp3) is 0.391. The molecule has 6 heteroatoms. The predicted octanol–water partition coefficient (Wildman–Crippen LogP) is 4.88.